The highest BCUT2D eigenvalue weighted by Gasteiger charge is 2.28. The Hall–Kier alpha value is -3.06. The van der Waals surface area contributed by atoms with Crippen molar-refractivity contribution in [1.82, 2.24) is 19.5 Å². The smallest absolute Gasteiger partial charge is 0.254 e. The molecule has 4 heterocycles. The third-order valence-corrected chi connectivity index (χ3v) is 6.03. The molecule has 1 atom stereocenters. The molecule has 0 N–H and O–H groups in total. The monoisotopic (exact) mass is 406 g/mol. The van der Waals surface area contributed by atoms with Gasteiger partial charge in [0.2, 0.25) is 0 Å². The van der Waals surface area contributed by atoms with E-state index >= 15 is 0 Å². The fourth-order valence-electron chi connectivity index (χ4n) is 3.85. The Kier molecular flexibility index (Phi) is 4.60. The zero-order chi connectivity index (χ0) is 19.8. The van der Waals surface area contributed by atoms with Gasteiger partial charge in [-0.3, -0.25) is 4.79 Å². The number of halogens is 1. The molecular formula is C22H19FN4OS. The number of fused-ring (bicyclic) bond motifs is 1. The second-order valence-electron chi connectivity index (χ2n) is 7.30. The quantitative estimate of drug-likeness (QED) is 0.499. The Morgan fingerprint density at radius 1 is 1.17 bits per heavy atom. The van der Waals surface area contributed by atoms with E-state index < -0.39 is 0 Å². The average Bonchev–Trinajstić information content (AvgIpc) is 3.43. The molecule has 0 radical (unpaired) electrons. The first-order chi connectivity index (χ1) is 14.2. The van der Waals surface area contributed by atoms with Crippen LogP contribution in [0.5, 0.6) is 0 Å². The second-order valence-corrected chi connectivity index (χ2v) is 8.08. The molecule has 4 aromatic rings. The average molecular weight is 406 g/mol. The number of rotatable bonds is 3. The fraction of sp³-hybridized carbons (Fsp3) is 0.227. The lowest BCUT2D eigenvalue weighted by Crippen LogP contribution is -2.39. The van der Waals surface area contributed by atoms with Crippen molar-refractivity contribution in [2.45, 2.75) is 18.8 Å². The summed E-state index contributed by atoms with van der Waals surface area (Å²) in [7, 11) is 0. The van der Waals surface area contributed by atoms with Crippen LogP contribution in [0.2, 0.25) is 0 Å². The van der Waals surface area contributed by atoms with Gasteiger partial charge in [-0.25, -0.2) is 13.9 Å². The number of likely N-dealkylation sites (tertiary alicyclic amines) is 1. The molecule has 0 unspecified atom stereocenters. The largest absolute Gasteiger partial charge is 0.338 e. The van der Waals surface area contributed by atoms with Crippen LogP contribution in [0.1, 0.15) is 34.9 Å². The molecule has 0 spiro atoms. The highest BCUT2D eigenvalue weighted by Crippen LogP contribution is 2.27. The zero-order valence-corrected chi connectivity index (χ0v) is 16.5. The van der Waals surface area contributed by atoms with Gasteiger partial charge in [-0.05, 0) is 54.1 Å². The molecular weight excluding hydrogens is 387 g/mol. The molecule has 1 amide bonds. The van der Waals surface area contributed by atoms with E-state index in [9.17, 15) is 9.18 Å². The lowest BCUT2D eigenvalue weighted by molar-refractivity contribution is 0.0705. The standard InChI is InChI=1S/C22H19FN4OS/c23-19-5-1-3-15(11-19)16-6-7-20-24-21(25-27(20)13-16)17-4-2-9-26(12-17)22(28)18-8-10-29-14-18/h1,3,5-8,10-11,13-14,17H,2,4,9,12H2/t17-/m1/s1. The van der Waals surface area contributed by atoms with Gasteiger partial charge in [0, 0.05) is 36.1 Å². The van der Waals surface area contributed by atoms with Crippen LogP contribution in [0.25, 0.3) is 16.8 Å². The van der Waals surface area contributed by atoms with Crippen molar-refractivity contribution in [1.29, 1.82) is 0 Å². The molecule has 1 fully saturated rings. The Bertz CT molecular complexity index is 1170. The molecule has 5 nitrogen and oxygen atoms in total. The maximum Gasteiger partial charge on any atom is 0.254 e. The van der Waals surface area contributed by atoms with Gasteiger partial charge in [-0.2, -0.15) is 16.4 Å². The number of nitrogens with zero attached hydrogens (tertiary/aromatic N) is 4. The van der Waals surface area contributed by atoms with Crippen LogP contribution >= 0.6 is 11.3 Å². The normalized spacial score (nSPS) is 17.0. The predicted octanol–water partition coefficient (Wildman–Crippen LogP) is 4.62. The van der Waals surface area contributed by atoms with Crippen molar-refractivity contribution in [2.24, 2.45) is 0 Å². The number of aromatic nitrogens is 3. The van der Waals surface area contributed by atoms with E-state index in [1.54, 1.807) is 10.6 Å². The summed E-state index contributed by atoms with van der Waals surface area (Å²) in [5.41, 5.74) is 3.18. The summed E-state index contributed by atoms with van der Waals surface area (Å²) in [5, 5.41) is 8.49. The zero-order valence-electron chi connectivity index (χ0n) is 15.7. The predicted molar refractivity (Wildman–Crippen MR) is 111 cm³/mol. The highest BCUT2D eigenvalue weighted by molar-refractivity contribution is 7.08. The minimum atomic E-state index is -0.264. The Balaban J connectivity index is 1.40. The highest BCUT2D eigenvalue weighted by atomic mass is 32.1. The summed E-state index contributed by atoms with van der Waals surface area (Å²) < 4.78 is 15.3. The minimum Gasteiger partial charge on any atom is -0.338 e. The first-order valence-electron chi connectivity index (χ1n) is 9.61. The van der Waals surface area contributed by atoms with Gasteiger partial charge in [0.05, 0.1) is 5.56 Å². The van der Waals surface area contributed by atoms with Crippen molar-refractivity contribution >= 4 is 22.9 Å². The van der Waals surface area contributed by atoms with Crippen molar-refractivity contribution in [3.8, 4) is 11.1 Å². The van der Waals surface area contributed by atoms with Gasteiger partial charge >= 0.3 is 0 Å². The number of piperidine rings is 1. The minimum absolute atomic E-state index is 0.0769. The molecule has 146 valence electrons. The summed E-state index contributed by atoms with van der Waals surface area (Å²) in [6.45, 7) is 1.39. The van der Waals surface area contributed by atoms with Gasteiger partial charge in [0.1, 0.15) is 5.82 Å². The first kappa shape index (κ1) is 18.0. The van der Waals surface area contributed by atoms with Crippen molar-refractivity contribution < 1.29 is 9.18 Å². The van der Waals surface area contributed by atoms with Crippen LogP contribution in [0.3, 0.4) is 0 Å². The number of thiophene rings is 1. The SMILES string of the molecule is O=C(c1ccsc1)N1CCC[C@@H](c2nc3ccc(-c4cccc(F)c4)cn3n2)C1. The Morgan fingerprint density at radius 3 is 2.93 bits per heavy atom. The van der Waals surface area contributed by atoms with Gasteiger partial charge in [-0.1, -0.05) is 12.1 Å². The van der Waals surface area contributed by atoms with E-state index in [0.717, 1.165) is 47.5 Å². The van der Waals surface area contributed by atoms with E-state index in [1.165, 1.54) is 23.5 Å². The molecule has 5 rings (SSSR count). The molecule has 1 aliphatic heterocycles. The molecule has 29 heavy (non-hydrogen) atoms. The number of pyridine rings is 1. The summed E-state index contributed by atoms with van der Waals surface area (Å²) in [6, 6.07) is 12.2. The summed E-state index contributed by atoms with van der Waals surface area (Å²) >= 11 is 1.53. The number of carbonyl (C=O) groups excluding carboxylic acids is 1. The van der Waals surface area contributed by atoms with E-state index in [0.29, 0.717) is 6.54 Å². The molecule has 1 aromatic carbocycles. The second kappa shape index (κ2) is 7.40. The lowest BCUT2D eigenvalue weighted by Gasteiger charge is -2.31. The van der Waals surface area contributed by atoms with Crippen LogP contribution < -0.4 is 0 Å². The molecule has 1 saturated heterocycles. The van der Waals surface area contributed by atoms with Crippen LogP contribution in [0.4, 0.5) is 4.39 Å². The van der Waals surface area contributed by atoms with Gasteiger partial charge in [0.15, 0.2) is 11.5 Å². The van der Waals surface area contributed by atoms with E-state index in [2.05, 4.69) is 10.1 Å². The van der Waals surface area contributed by atoms with Crippen molar-refractivity contribution in [3.63, 3.8) is 0 Å². The third-order valence-electron chi connectivity index (χ3n) is 5.35. The maximum absolute atomic E-state index is 13.6. The molecule has 1 aliphatic rings. The molecule has 0 saturated carbocycles. The number of carbonyl (C=O) groups is 1. The van der Waals surface area contributed by atoms with Gasteiger partial charge < -0.3 is 4.90 Å². The Morgan fingerprint density at radius 2 is 2.10 bits per heavy atom. The first-order valence-corrected chi connectivity index (χ1v) is 10.6. The topological polar surface area (TPSA) is 50.5 Å². The van der Waals surface area contributed by atoms with Crippen molar-refractivity contribution in [2.75, 3.05) is 13.1 Å². The summed E-state index contributed by atoms with van der Waals surface area (Å²) in [4.78, 5) is 19.3. The molecule has 0 bridgehead atoms. The van der Waals surface area contributed by atoms with E-state index in [-0.39, 0.29) is 17.6 Å². The molecule has 3 aromatic heterocycles. The maximum atomic E-state index is 13.6. The summed E-state index contributed by atoms with van der Waals surface area (Å²) in [5.74, 6) is 0.681. The van der Waals surface area contributed by atoms with Crippen LogP contribution in [0.15, 0.2) is 59.4 Å². The van der Waals surface area contributed by atoms with E-state index in [1.807, 2.05) is 46.1 Å². The fourth-order valence-corrected chi connectivity index (χ4v) is 4.48. The lowest BCUT2D eigenvalue weighted by atomic mass is 9.97. The van der Waals surface area contributed by atoms with Crippen LogP contribution in [-0.4, -0.2) is 38.5 Å². The van der Waals surface area contributed by atoms with Crippen LogP contribution in [0, 0.1) is 5.82 Å². The van der Waals surface area contributed by atoms with Gasteiger partial charge in [0.25, 0.3) is 5.91 Å². The Labute approximate surface area is 171 Å². The third kappa shape index (κ3) is 3.53. The number of hydrogen-bond acceptors (Lipinski definition) is 4. The molecule has 0 aliphatic carbocycles. The number of amides is 1. The molecule has 7 heteroatoms. The van der Waals surface area contributed by atoms with Crippen molar-refractivity contribution in [3.05, 3.63) is 76.6 Å². The number of benzene rings is 1. The van der Waals surface area contributed by atoms with E-state index in [4.69, 9.17) is 0 Å². The summed E-state index contributed by atoms with van der Waals surface area (Å²) in [6.07, 6.45) is 3.77. The number of hydrogen-bond donors (Lipinski definition) is 0. The van der Waals surface area contributed by atoms with Gasteiger partial charge in [-0.15, -0.1) is 0 Å². The van der Waals surface area contributed by atoms with Crippen LogP contribution in [-0.2, 0) is 0 Å².